The molecule has 0 unspecified atom stereocenters. The molecule has 0 bridgehead atoms. The summed E-state index contributed by atoms with van der Waals surface area (Å²) in [7, 11) is 0. The minimum atomic E-state index is 0. The van der Waals surface area contributed by atoms with Gasteiger partial charge in [-0.05, 0) is 12.0 Å². The quantitative estimate of drug-likeness (QED) is 0.294. The molecule has 34 heavy (non-hydrogen) atoms. The van der Waals surface area contributed by atoms with E-state index in [1.54, 1.807) is 0 Å². The molecule has 5 rings (SSSR count). The first-order valence-electron chi connectivity index (χ1n) is 10.7. The van der Waals surface area contributed by atoms with Crippen LogP contribution in [0.1, 0.15) is 38.9 Å². The zero-order chi connectivity index (χ0) is 22.9. The molecule has 4 aromatic carbocycles. The van der Waals surface area contributed by atoms with E-state index in [-0.39, 0.29) is 24.8 Å². The van der Waals surface area contributed by atoms with Crippen molar-refractivity contribution in [2.45, 2.75) is 20.3 Å². The number of halogens is 2. The molecular formula is C31H28Cl2Zr-2. The van der Waals surface area contributed by atoms with Crippen LogP contribution in [0.25, 0.3) is 23.3 Å². The summed E-state index contributed by atoms with van der Waals surface area (Å²) in [5.74, 6) is 0. The fourth-order valence-corrected chi connectivity index (χ4v) is 4.10. The van der Waals surface area contributed by atoms with Crippen molar-refractivity contribution < 1.29 is 49.0 Å². The van der Waals surface area contributed by atoms with Crippen LogP contribution in [0.15, 0.2) is 92.0 Å². The normalized spacial score (nSPS) is 9.88. The van der Waals surface area contributed by atoms with Gasteiger partial charge in [-0.3, -0.25) is 0 Å². The van der Waals surface area contributed by atoms with E-state index in [1.165, 1.54) is 68.7 Å². The molecule has 0 aliphatic heterocycles. The second-order valence-corrected chi connectivity index (χ2v) is 8.56. The third-order valence-corrected chi connectivity index (χ3v) is 6.16. The molecule has 0 fully saturated rings. The molecule has 3 heteroatoms. The van der Waals surface area contributed by atoms with Crippen LogP contribution in [0.5, 0.6) is 0 Å². The van der Waals surface area contributed by atoms with Gasteiger partial charge in [0.25, 0.3) is 0 Å². The van der Waals surface area contributed by atoms with Crippen molar-refractivity contribution in [1.82, 2.24) is 0 Å². The minimum absolute atomic E-state index is 0. The summed E-state index contributed by atoms with van der Waals surface area (Å²) in [6, 6.07) is 30.8. The van der Waals surface area contributed by atoms with Gasteiger partial charge in [-0.1, -0.05) is 55.8 Å². The van der Waals surface area contributed by atoms with Crippen LogP contribution in [0.2, 0.25) is 0 Å². The Morgan fingerprint density at radius 2 is 1.53 bits per heavy atom. The molecule has 0 saturated heterocycles. The predicted molar refractivity (Wildman–Crippen MR) is 137 cm³/mol. The molecule has 0 radical (unpaired) electrons. The SMILES string of the molecule is C=Cc1c[c-]c2c(c1)-c1cc(C=C)ccc1C2.Cc1c[cH-]c(C)c1.[Cl-].[Cl-].[Zr+2]=[CH]c1ccccc1. The van der Waals surface area contributed by atoms with Gasteiger partial charge in [-0.2, -0.15) is 41.5 Å². The second kappa shape index (κ2) is 14.9. The van der Waals surface area contributed by atoms with Gasteiger partial charge in [-0.15, -0.1) is 23.8 Å². The number of fused-ring (bicyclic) bond motifs is 3. The molecule has 0 spiro atoms. The number of hydrogen-bond acceptors (Lipinski definition) is 0. The van der Waals surface area contributed by atoms with Crippen molar-refractivity contribution in [3.05, 3.63) is 137 Å². The molecule has 1 aliphatic rings. The predicted octanol–water partition coefficient (Wildman–Crippen LogP) is 1.76. The molecule has 0 saturated carbocycles. The Kier molecular flexibility index (Phi) is 13.1. The van der Waals surface area contributed by atoms with E-state index in [0.29, 0.717) is 0 Å². The van der Waals surface area contributed by atoms with E-state index >= 15 is 0 Å². The summed E-state index contributed by atoms with van der Waals surface area (Å²) >= 11 is 1.46. The van der Waals surface area contributed by atoms with Gasteiger partial charge in [0.2, 0.25) is 0 Å². The zero-order valence-electron chi connectivity index (χ0n) is 19.6. The first-order valence-corrected chi connectivity index (χ1v) is 12.1. The molecule has 0 aromatic heterocycles. The summed E-state index contributed by atoms with van der Waals surface area (Å²) in [6.07, 6.45) is 4.74. The number of hydrogen-bond donors (Lipinski definition) is 0. The van der Waals surface area contributed by atoms with Gasteiger partial charge in [0.05, 0.1) is 0 Å². The van der Waals surface area contributed by atoms with Gasteiger partial charge in [0.15, 0.2) is 0 Å². The number of benzene rings is 3. The molecule has 4 aromatic rings. The molecule has 0 nitrogen and oxygen atoms in total. The monoisotopic (exact) mass is 560 g/mol. The summed E-state index contributed by atoms with van der Waals surface area (Å²) in [4.78, 5) is 0. The third-order valence-electron chi connectivity index (χ3n) is 5.34. The zero-order valence-corrected chi connectivity index (χ0v) is 23.6. The maximum absolute atomic E-state index is 3.82. The van der Waals surface area contributed by atoms with Gasteiger partial charge >= 0.3 is 63.8 Å². The maximum atomic E-state index is 3.82. The van der Waals surface area contributed by atoms with Gasteiger partial charge in [0, 0.05) is 0 Å². The molecular weight excluding hydrogens is 534 g/mol. The van der Waals surface area contributed by atoms with Crippen LogP contribution in [-0.4, -0.2) is 3.71 Å². The molecule has 0 atom stereocenters. The molecule has 172 valence electrons. The average molecular weight is 563 g/mol. The first-order chi connectivity index (χ1) is 15.5. The second-order valence-electron chi connectivity index (χ2n) is 7.85. The standard InChI is InChI=1S/C17H13.C7H9.C7H6.2ClH.Zr/c1-3-12-5-7-14-11-15-8-6-13(4-2)10-17(15)16(14)9-12;1-6-3-4-7(2)5-6;1-7-5-3-2-4-6-7;;;/h3-7,9-10H,1-2,11H2;3-5H,1-2H3;1-6H;2*1H;/q2*-1;;;;+2/p-2. The van der Waals surface area contributed by atoms with Crippen LogP contribution in [0.3, 0.4) is 0 Å². The topological polar surface area (TPSA) is 0 Å². The Bertz CT molecular complexity index is 1150. The Hall–Kier alpha value is -2.18. The fraction of sp³-hybridized carbons (Fsp3) is 0.0968. The van der Waals surface area contributed by atoms with Crippen LogP contribution in [0.4, 0.5) is 0 Å². The van der Waals surface area contributed by atoms with Crippen molar-refractivity contribution in [3.63, 3.8) is 0 Å². The Balaban J connectivity index is 0.000000286. The average Bonchev–Trinajstić information content (AvgIpc) is 3.40. The summed E-state index contributed by atoms with van der Waals surface area (Å²) in [5, 5.41) is 0. The van der Waals surface area contributed by atoms with Gasteiger partial charge in [-0.25, -0.2) is 11.6 Å². The Morgan fingerprint density at radius 3 is 2.03 bits per heavy atom. The fourth-order valence-electron chi connectivity index (χ4n) is 3.63. The van der Waals surface area contributed by atoms with E-state index < -0.39 is 0 Å². The van der Waals surface area contributed by atoms with E-state index in [0.717, 1.165) is 12.0 Å². The van der Waals surface area contributed by atoms with Crippen LogP contribution < -0.4 is 24.8 Å². The molecule has 0 heterocycles. The van der Waals surface area contributed by atoms with Gasteiger partial charge < -0.3 is 24.8 Å². The van der Waals surface area contributed by atoms with Crippen molar-refractivity contribution in [2.75, 3.05) is 0 Å². The number of rotatable bonds is 3. The van der Waals surface area contributed by atoms with Crippen LogP contribution in [0, 0.1) is 19.9 Å². The van der Waals surface area contributed by atoms with Crippen molar-refractivity contribution in [3.8, 4) is 11.1 Å². The van der Waals surface area contributed by atoms with Crippen molar-refractivity contribution in [2.24, 2.45) is 0 Å². The third kappa shape index (κ3) is 8.24. The summed E-state index contributed by atoms with van der Waals surface area (Å²) < 4.78 is 2.17. The number of aryl methyl sites for hydroxylation is 2. The van der Waals surface area contributed by atoms with E-state index in [2.05, 4.69) is 104 Å². The first kappa shape index (κ1) is 29.9. The van der Waals surface area contributed by atoms with E-state index in [9.17, 15) is 0 Å². The van der Waals surface area contributed by atoms with E-state index in [1.807, 2.05) is 24.3 Å². The Morgan fingerprint density at radius 1 is 0.853 bits per heavy atom. The summed E-state index contributed by atoms with van der Waals surface area (Å²) in [5.41, 5.74) is 11.6. The van der Waals surface area contributed by atoms with Crippen LogP contribution in [-0.2, 0) is 30.7 Å². The molecule has 0 amide bonds. The summed E-state index contributed by atoms with van der Waals surface area (Å²) in [6.45, 7) is 11.8. The van der Waals surface area contributed by atoms with Crippen molar-refractivity contribution >= 4 is 15.9 Å². The van der Waals surface area contributed by atoms with Crippen LogP contribution >= 0.6 is 0 Å². The van der Waals surface area contributed by atoms with E-state index in [4.69, 9.17) is 0 Å². The Labute approximate surface area is 232 Å². The molecule has 1 aliphatic carbocycles. The van der Waals surface area contributed by atoms with Gasteiger partial charge in [0.1, 0.15) is 0 Å². The van der Waals surface area contributed by atoms with Crippen molar-refractivity contribution in [1.29, 1.82) is 0 Å². The molecule has 0 N–H and O–H groups in total.